The van der Waals surface area contributed by atoms with E-state index in [0.717, 1.165) is 29.4 Å². The number of carbonyl (C=O) groups excluding carboxylic acids is 1. The highest BCUT2D eigenvalue weighted by Crippen LogP contribution is 2.27. The van der Waals surface area contributed by atoms with Gasteiger partial charge in [-0.1, -0.05) is 11.6 Å². The highest BCUT2D eigenvalue weighted by molar-refractivity contribution is 6.31. The van der Waals surface area contributed by atoms with Gasteiger partial charge in [0, 0.05) is 41.8 Å². The SMILES string of the molecule is O=C(CCC[C]1[CH][CH][CH][CH]1)NCCNc1ccnc2cc(Cl)ccc12. The zero-order chi connectivity index (χ0) is 17.5. The molecule has 1 aromatic heterocycles. The number of aromatic nitrogens is 1. The number of rotatable bonds is 8. The van der Waals surface area contributed by atoms with Crippen LogP contribution in [0.15, 0.2) is 30.5 Å². The molecule has 0 spiro atoms. The fourth-order valence-corrected chi connectivity index (χ4v) is 2.96. The summed E-state index contributed by atoms with van der Waals surface area (Å²) in [7, 11) is 0. The summed E-state index contributed by atoms with van der Waals surface area (Å²) >= 11 is 6.00. The second kappa shape index (κ2) is 9.04. The molecule has 5 radical (unpaired) electrons. The molecule has 2 N–H and O–H groups in total. The predicted octanol–water partition coefficient (Wildman–Crippen LogP) is 3.99. The number of carbonyl (C=O) groups is 1. The minimum atomic E-state index is 0.0970. The molecule has 3 rings (SSSR count). The Morgan fingerprint density at radius 2 is 1.96 bits per heavy atom. The summed E-state index contributed by atoms with van der Waals surface area (Å²) in [5, 5.41) is 7.99. The highest BCUT2D eigenvalue weighted by atomic mass is 35.5. The number of benzene rings is 1. The zero-order valence-corrected chi connectivity index (χ0v) is 14.7. The molecule has 1 saturated carbocycles. The number of nitrogens with zero attached hydrogens (tertiary/aromatic N) is 1. The van der Waals surface area contributed by atoms with E-state index in [2.05, 4.69) is 28.5 Å². The molecule has 0 saturated heterocycles. The van der Waals surface area contributed by atoms with Crippen molar-refractivity contribution in [3.63, 3.8) is 0 Å². The summed E-state index contributed by atoms with van der Waals surface area (Å²) < 4.78 is 0. The number of hydrogen-bond acceptors (Lipinski definition) is 3. The van der Waals surface area contributed by atoms with Crippen molar-refractivity contribution in [3.8, 4) is 0 Å². The molecule has 1 amide bonds. The van der Waals surface area contributed by atoms with Crippen molar-refractivity contribution < 1.29 is 4.79 Å². The van der Waals surface area contributed by atoms with Gasteiger partial charge in [-0.05, 0) is 68.7 Å². The van der Waals surface area contributed by atoms with Crippen LogP contribution in [0.25, 0.3) is 10.9 Å². The van der Waals surface area contributed by atoms with Gasteiger partial charge in [-0.25, -0.2) is 0 Å². The maximum Gasteiger partial charge on any atom is 0.220 e. The van der Waals surface area contributed by atoms with Crippen LogP contribution in [0.5, 0.6) is 0 Å². The first-order chi connectivity index (χ1) is 12.2. The molecule has 4 nitrogen and oxygen atoms in total. The molecule has 25 heavy (non-hydrogen) atoms. The maximum absolute atomic E-state index is 11.9. The van der Waals surface area contributed by atoms with Gasteiger partial charge in [-0.2, -0.15) is 0 Å². The van der Waals surface area contributed by atoms with Gasteiger partial charge < -0.3 is 10.6 Å². The number of hydrogen-bond donors (Lipinski definition) is 2. The van der Waals surface area contributed by atoms with Crippen LogP contribution in [0.3, 0.4) is 0 Å². The minimum Gasteiger partial charge on any atom is -0.383 e. The lowest BCUT2D eigenvalue weighted by molar-refractivity contribution is -0.121. The van der Waals surface area contributed by atoms with Crippen molar-refractivity contribution in [2.75, 3.05) is 18.4 Å². The van der Waals surface area contributed by atoms with E-state index < -0.39 is 0 Å². The van der Waals surface area contributed by atoms with E-state index in [9.17, 15) is 4.79 Å². The number of anilines is 1. The molecule has 1 aliphatic carbocycles. The molecule has 1 aromatic carbocycles. The highest BCUT2D eigenvalue weighted by Gasteiger charge is 2.16. The molecular formula is C20H21ClN3O. The van der Waals surface area contributed by atoms with Crippen LogP contribution >= 0.6 is 11.6 Å². The summed E-state index contributed by atoms with van der Waals surface area (Å²) in [6.07, 6.45) is 12.4. The van der Waals surface area contributed by atoms with E-state index in [-0.39, 0.29) is 5.91 Å². The average molecular weight is 355 g/mol. The Hall–Kier alpha value is -1.81. The number of nitrogens with one attached hydrogen (secondary N) is 2. The number of amides is 1. The van der Waals surface area contributed by atoms with E-state index >= 15 is 0 Å². The second-order valence-corrected chi connectivity index (χ2v) is 6.38. The Bertz CT molecular complexity index is 713. The normalized spacial score (nSPS) is 14.8. The Balaban J connectivity index is 1.37. The first kappa shape index (κ1) is 18.0. The zero-order valence-electron chi connectivity index (χ0n) is 14.0. The smallest absolute Gasteiger partial charge is 0.220 e. The third-order valence-corrected chi connectivity index (χ3v) is 4.30. The van der Waals surface area contributed by atoms with Gasteiger partial charge in [0.25, 0.3) is 0 Å². The van der Waals surface area contributed by atoms with Crippen molar-refractivity contribution in [1.82, 2.24) is 10.3 Å². The molecule has 1 aliphatic rings. The molecule has 0 atom stereocenters. The van der Waals surface area contributed by atoms with Crippen molar-refractivity contribution in [1.29, 1.82) is 0 Å². The van der Waals surface area contributed by atoms with Gasteiger partial charge in [0.05, 0.1) is 5.52 Å². The van der Waals surface area contributed by atoms with Crippen LogP contribution in [0.1, 0.15) is 19.3 Å². The Morgan fingerprint density at radius 1 is 1.12 bits per heavy atom. The Labute approximate surface area is 154 Å². The summed E-state index contributed by atoms with van der Waals surface area (Å²) in [5.74, 6) is 1.39. The molecule has 1 fully saturated rings. The standard InChI is InChI=1S/C20H21ClN3O/c21-16-8-9-17-18(10-11-22-19(17)14-16)23-12-13-24-20(25)7-3-6-15-4-1-2-5-15/h1-2,4-5,8-11,14H,3,6-7,12-13H2,(H,22,23)(H,24,25). The molecule has 129 valence electrons. The maximum atomic E-state index is 11.9. The van der Waals surface area contributed by atoms with E-state index in [1.807, 2.05) is 37.1 Å². The Kier molecular flexibility index (Phi) is 6.51. The summed E-state index contributed by atoms with van der Waals surface area (Å²) in [6.45, 7) is 1.25. The van der Waals surface area contributed by atoms with Crippen LogP contribution in [-0.2, 0) is 4.79 Å². The molecule has 2 aromatic rings. The van der Waals surface area contributed by atoms with Gasteiger partial charge in [0.1, 0.15) is 0 Å². The van der Waals surface area contributed by atoms with Crippen LogP contribution in [0.2, 0.25) is 5.02 Å². The molecule has 1 heterocycles. The summed E-state index contributed by atoms with van der Waals surface area (Å²) in [5.41, 5.74) is 1.85. The van der Waals surface area contributed by atoms with E-state index in [0.29, 0.717) is 24.5 Å². The van der Waals surface area contributed by atoms with Crippen LogP contribution in [0, 0.1) is 31.6 Å². The first-order valence-corrected chi connectivity index (χ1v) is 8.85. The second-order valence-electron chi connectivity index (χ2n) is 5.94. The fourth-order valence-electron chi connectivity index (χ4n) is 2.80. The number of fused-ring (bicyclic) bond motifs is 1. The van der Waals surface area contributed by atoms with Crippen LogP contribution in [-0.4, -0.2) is 24.0 Å². The van der Waals surface area contributed by atoms with Crippen LogP contribution in [0.4, 0.5) is 5.69 Å². The first-order valence-electron chi connectivity index (χ1n) is 8.48. The predicted molar refractivity (Wildman–Crippen MR) is 103 cm³/mol. The van der Waals surface area contributed by atoms with Gasteiger partial charge in [-0.15, -0.1) is 0 Å². The van der Waals surface area contributed by atoms with Gasteiger partial charge >= 0.3 is 0 Å². The molecular weight excluding hydrogens is 334 g/mol. The van der Waals surface area contributed by atoms with Gasteiger partial charge in [-0.3, -0.25) is 9.78 Å². The van der Waals surface area contributed by atoms with Crippen molar-refractivity contribution in [2.45, 2.75) is 19.3 Å². The third kappa shape index (κ3) is 5.33. The molecule has 0 aliphatic heterocycles. The van der Waals surface area contributed by atoms with E-state index in [1.54, 1.807) is 6.20 Å². The van der Waals surface area contributed by atoms with E-state index in [1.165, 1.54) is 5.92 Å². The van der Waals surface area contributed by atoms with E-state index in [4.69, 9.17) is 11.6 Å². The number of pyridine rings is 1. The lowest BCUT2D eigenvalue weighted by atomic mass is 10.0. The molecule has 0 unspecified atom stereocenters. The summed E-state index contributed by atoms with van der Waals surface area (Å²) in [4.78, 5) is 16.2. The van der Waals surface area contributed by atoms with Crippen LogP contribution < -0.4 is 10.6 Å². The topological polar surface area (TPSA) is 54.0 Å². The Morgan fingerprint density at radius 3 is 2.80 bits per heavy atom. The molecule has 5 heteroatoms. The molecule has 0 bridgehead atoms. The number of halogens is 1. The monoisotopic (exact) mass is 354 g/mol. The fraction of sp³-hybridized carbons (Fsp3) is 0.250. The van der Waals surface area contributed by atoms with Crippen molar-refractivity contribution >= 4 is 34.1 Å². The van der Waals surface area contributed by atoms with Gasteiger partial charge in [0.15, 0.2) is 0 Å². The third-order valence-electron chi connectivity index (χ3n) is 4.07. The lowest BCUT2D eigenvalue weighted by Gasteiger charge is -2.11. The lowest BCUT2D eigenvalue weighted by Crippen LogP contribution is -2.28. The van der Waals surface area contributed by atoms with Crippen molar-refractivity contribution in [3.05, 3.63) is 67.1 Å². The van der Waals surface area contributed by atoms with Gasteiger partial charge in [0.2, 0.25) is 5.91 Å². The quantitative estimate of drug-likeness (QED) is 0.705. The van der Waals surface area contributed by atoms with Crippen molar-refractivity contribution in [2.24, 2.45) is 0 Å². The average Bonchev–Trinajstić information content (AvgIpc) is 3.12. The largest absolute Gasteiger partial charge is 0.383 e. The summed E-state index contributed by atoms with van der Waals surface area (Å²) in [6, 6.07) is 7.58. The minimum absolute atomic E-state index is 0.0970.